The maximum atomic E-state index is 11.8. The second-order valence-electron chi connectivity index (χ2n) is 2.87. The quantitative estimate of drug-likeness (QED) is 0.742. The number of aromatic nitrogens is 1. The summed E-state index contributed by atoms with van der Waals surface area (Å²) in [5, 5.41) is -0.0161. The van der Waals surface area contributed by atoms with Crippen LogP contribution in [0.1, 0.15) is 6.42 Å². The van der Waals surface area contributed by atoms with Gasteiger partial charge in [0.1, 0.15) is 0 Å². The standard InChI is InChI=1S/C9H12ClNO3S/c1-14-8-4-2-6-11-9(8)15(12,13)7-3-5-10/h2,4,6H,3,5,7H2,1H3. The van der Waals surface area contributed by atoms with Crippen LogP contribution in [0.3, 0.4) is 0 Å². The smallest absolute Gasteiger partial charge is 0.199 e. The second-order valence-corrected chi connectivity index (χ2v) is 5.27. The molecule has 0 aliphatic rings. The molecule has 0 atom stereocenters. The molecule has 0 saturated heterocycles. The molecule has 0 saturated carbocycles. The summed E-state index contributed by atoms with van der Waals surface area (Å²) in [6.07, 6.45) is 1.83. The number of pyridine rings is 1. The lowest BCUT2D eigenvalue weighted by Gasteiger charge is -2.06. The predicted octanol–water partition coefficient (Wildman–Crippen LogP) is 1.49. The first-order chi connectivity index (χ1) is 7.11. The van der Waals surface area contributed by atoms with Crippen LogP contribution in [0.4, 0.5) is 0 Å². The van der Waals surface area contributed by atoms with Gasteiger partial charge in [-0.05, 0) is 18.6 Å². The van der Waals surface area contributed by atoms with Crippen molar-refractivity contribution in [3.8, 4) is 5.75 Å². The molecule has 0 amide bonds. The molecule has 4 nitrogen and oxygen atoms in total. The number of hydrogen-bond donors (Lipinski definition) is 0. The van der Waals surface area contributed by atoms with Crippen molar-refractivity contribution >= 4 is 21.4 Å². The van der Waals surface area contributed by atoms with E-state index >= 15 is 0 Å². The lowest BCUT2D eigenvalue weighted by Crippen LogP contribution is -2.10. The predicted molar refractivity (Wildman–Crippen MR) is 58.2 cm³/mol. The molecule has 0 aliphatic carbocycles. The summed E-state index contributed by atoms with van der Waals surface area (Å²) < 4.78 is 28.5. The zero-order chi connectivity index (χ0) is 11.3. The zero-order valence-electron chi connectivity index (χ0n) is 8.31. The molecule has 1 rings (SSSR count). The Labute approximate surface area is 94.2 Å². The monoisotopic (exact) mass is 249 g/mol. The van der Waals surface area contributed by atoms with Gasteiger partial charge >= 0.3 is 0 Å². The lowest BCUT2D eigenvalue weighted by atomic mass is 10.5. The first-order valence-electron chi connectivity index (χ1n) is 4.39. The van der Waals surface area contributed by atoms with Crippen molar-refractivity contribution < 1.29 is 13.2 Å². The first kappa shape index (κ1) is 12.3. The van der Waals surface area contributed by atoms with Gasteiger partial charge < -0.3 is 4.74 Å². The van der Waals surface area contributed by atoms with Crippen molar-refractivity contribution in [1.82, 2.24) is 4.98 Å². The average Bonchev–Trinajstić information content (AvgIpc) is 2.26. The van der Waals surface area contributed by atoms with Crippen LogP contribution in [0.2, 0.25) is 0 Å². The molecule has 0 N–H and O–H groups in total. The fraction of sp³-hybridized carbons (Fsp3) is 0.444. The van der Waals surface area contributed by atoms with E-state index in [0.29, 0.717) is 12.3 Å². The Bertz CT molecular complexity index is 419. The number of alkyl halides is 1. The molecule has 1 heterocycles. The number of rotatable bonds is 5. The molecule has 15 heavy (non-hydrogen) atoms. The van der Waals surface area contributed by atoms with E-state index in [9.17, 15) is 8.42 Å². The van der Waals surface area contributed by atoms with E-state index in [4.69, 9.17) is 16.3 Å². The summed E-state index contributed by atoms with van der Waals surface area (Å²) in [6.45, 7) is 0. The number of nitrogens with zero attached hydrogens (tertiary/aromatic N) is 1. The Hall–Kier alpha value is -0.810. The summed E-state index contributed by atoms with van der Waals surface area (Å²) in [4.78, 5) is 3.82. The second kappa shape index (κ2) is 5.32. The minimum atomic E-state index is -3.39. The van der Waals surface area contributed by atoms with Crippen LogP contribution in [0.15, 0.2) is 23.4 Å². The van der Waals surface area contributed by atoms with Crippen molar-refractivity contribution in [3.63, 3.8) is 0 Å². The third-order valence-electron chi connectivity index (χ3n) is 1.80. The van der Waals surface area contributed by atoms with Gasteiger partial charge in [-0.15, -0.1) is 11.6 Å². The van der Waals surface area contributed by atoms with Gasteiger partial charge in [-0.3, -0.25) is 0 Å². The van der Waals surface area contributed by atoms with Gasteiger partial charge in [0, 0.05) is 12.1 Å². The minimum Gasteiger partial charge on any atom is -0.494 e. The Morgan fingerprint density at radius 1 is 1.53 bits per heavy atom. The van der Waals surface area contributed by atoms with Gasteiger partial charge in [-0.2, -0.15) is 0 Å². The number of hydrogen-bond acceptors (Lipinski definition) is 4. The van der Waals surface area contributed by atoms with Gasteiger partial charge in [0.25, 0.3) is 0 Å². The topological polar surface area (TPSA) is 56.3 Å². The van der Waals surface area contributed by atoms with Crippen LogP contribution < -0.4 is 4.74 Å². The molecule has 1 aromatic heterocycles. The fourth-order valence-corrected chi connectivity index (χ4v) is 2.80. The van der Waals surface area contributed by atoms with Gasteiger partial charge in [0.2, 0.25) is 0 Å². The molecule has 0 unspecified atom stereocenters. The van der Waals surface area contributed by atoms with Crippen LogP contribution in [0, 0.1) is 0 Å². The minimum absolute atomic E-state index is 0.0100. The van der Waals surface area contributed by atoms with Gasteiger partial charge in [0.05, 0.1) is 12.9 Å². The summed E-state index contributed by atoms with van der Waals surface area (Å²) in [5.74, 6) is 0.574. The van der Waals surface area contributed by atoms with Crippen molar-refractivity contribution in [2.45, 2.75) is 11.4 Å². The van der Waals surface area contributed by atoms with Gasteiger partial charge in [0.15, 0.2) is 20.6 Å². The summed E-state index contributed by atoms with van der Waals surface area (Å²) >= 11 is 5.45. The molecular weight excluding hydrogens is 238 g/mol. The highest BCUT2D eigenvalue weighted by Gasteiger charge is 2.20. The van der Waals surface area contributed by atoms with Crippen LogP contribution in [0.25, 0.3) is 0 Å². The van der Waals surface area contributed by atoms with E-state index in [0.717, 1.165) is 0 Å². The van der Waals surface area contributed by atoms with E-state index in [2.05, 4.69) is 4.98 Å². The van der Waals surface area contributed by atoms with Crippen molar-refractivity contribution in [2.75, 3.05) is 18.7 Å². The van der Waals surface area contributed by atoms with E-state index in [-0.39, 0.29) is 16.5 Å². The molecule has 1 aromatic rings. The first-order valence-corrected chi connectivity index (χ1v) is 6.58. The molecule has 0 spiro atoms. The van der Waals surface area contributed by atoms with Crippen LogP contribution >= 0.6 is 11.6 Å². The summed E-state index contributed by atoms with van der Waals surface area (Å²) in [5.41, 5.74) is 0. The maximum Gasteiger partial charge on any atom is 0.199 e. The van der Waals surface area contributed by atoms with Gasteiger partial charge in [-0.1, -0.05) is 0 Å². The van der Waals surface area contributed by atoms with Crippen molar-refractivity contribution in [3.05, 3.63) is 18.3 Å². The molecule has 0 radical (unpaired) electrons. The Morgan fingerprint density at radius 3 is 2.87 bits per heavy atom. The van der Waals surface area contributed by atoms with Gasteiger partial charge in [-0.25, -0.2) is 13.4 Å². The van der Waals surface area contributed by atoms with Crippen LogP contribution in [-0.4, -0.2) is 32.1 Å². The highest BCUT2D eigenvalue weighted by Crippen LogP contribution is 2.21. The van der Waals surface area contributed by atoms with Crippen LogP contribution in [-0.2, 0) is 9.84 Å². The molecule has 0 bridgehead atoms. The molecular formula is C9H12ClNO3S. The Balaban J connectivity index is 3.04. The largest absolute Gasteiger partial charge is 0.494 e. The Morgan fingerprint density at radius 2 is 2.27 bits per heavy atom. The van der Waals surface area contributed by atoms with Crippen molar-refractivity contribution in [2.24, 2.45) is 0 Å². The average molecular weight is 250 g/mol. The van der Waals surface area contributed by atoms with E-state index in [1.54, 1.807) is 12.1 Å². The normalized spacial score (nSPS) is 11.3. The zero-order valence-corrected chi connectivity index (χ0v) is 9.88. The highest BCUT2D eigenvalue weighted by molar-refractivity contribution is 7.91. The highest BCUT2D eigenvalue weighted by atomic mass is 35.5. The number of sulfone groups is 1. The van der Waals surface area contributed by atoms with Crippen molar-refractivity contribution in [1.29, 1.82) is 0 Å². The third-order valence-corrected chi connectivity index (χ3v) is 3.79. The molecule has 84 valence electrons. The summed E-state index contributed by atoms with van der Waals surface area (Å²) in [7, 11) is -1.97. The SMILES string of the molecule is COc1cccnc1S(=O)(=O)CCCCl. The maximum absolute atomic E-state index is 11.8. The molecule has 0 aliphatic heterocycles. The molecule has 0 aromatic carbocycles. The number of methoxy groups -OCH3 is 1. The number of ether oxygens (including phenoxy) is 1. The van der Waals surface area contributed by atoms with E-state index in [1.807, 2.05) is 0 Å². The third kappa shape index (κ3) is 3.07. The lowest BCUT2D eigenvalue weighted by molar-refractivity contribution is 0.398. The van der Waals surface area contributed by atoms with E-state index < -0.39 is 9.84 Å². The summed E-state index contributed by atoms with van der Waals surface area (Å²) in [6, 6.07) is 3.19. The molecule has 6 heteroatoms. The fourth-order valence-electron chi connectivity index (χ4n) is 1.11. The Kier molecular flexibility index (Phi) is 4.35. The van der Waals surface area contributed by atoms with E-state index in [1.165, 1.54) is 13.3 Å². The number of halogens is 1. The van der Waals surface area contributed by atoms with Crippen LogP contribution in [0.5, 0.6) is 5.75 Å². The molecule has 0 fully saturated rings.